The van der Waals surface area contributed by atoms with E-state index in [2.05, 4.69) is 55.4 Å². The zero-order valence-corrected chi connectivity index (χ0v) is 14.6. The van der Waals surface area contributed by atoms with Crippen LogP contribution in [0.3, 0.4) is 0 Å². The van der Waals surface area contributed by atoms with Crippen LogP contribution in [0.25, 0.3) is 0 Å². The van der Waals surface area contributed by atoms with Gasteiger partial charge in [0.15, 0.2) is 0 Å². The van der Waals surface area contributed by atoms with Gasteiger partial charge in [0.2, 0.25) is 0 Å². The van der Waals surface area contributed by atoms with Gasteiger partial charge in [-0.05, 0) is 0 Å². The summed E-state index contributed by atoms with van der Waals surface area (Å²) >= 11 is 1.30. The maximum Gasteiger partial charge on any atom is -1.00 e. The van der Waals surface area contributed by atoms with Crippen molar-refractivity contribution in [2.75, 3.05) is 0 Å². The van der Waals surface area contributed by atoms with Gasteiger partial charge in [0.05, 0.1) is 0 Å². The van der Waals surface area contributed by atoms with Gasteiger partial charge in [-0.2, -0.15) is 11.6 Å². The first-order chi connectivity index (χ1) is 7.20. The summed E-state index contributed by atoms with van der Waals surface area (Å²) in [6, 6.07) is 0. The molecule has 0 aromatic rings. The average molecular weight is 348 g/mol. The Balaban J connectivity index is -0.000000184. The predicted octanol–water partition coefficient (Wildman–Crippen LogP) is -2.25. The first-order valence-corrected chi connectivity index (χ1v) is 6.76. The third-order valence-electron chi connectivity index (χ3n) is 2.23. The third-order valence-corrected chi connectivity index (χ3v) is 2.23. The van der Waals surface area contributed by atoms with Crippen LogP contribution < -0.4 is 24.8 Å². The van der Waals surface area contributed by atoms with Crippen molar-refractivity contribution < 1.29 is 49.0 Å². The van der Waals surface area contributed by atoms with Crippen LogP contribution in [-0.4, -0.2) is 4.21 Å². The summed E-state index contributed by atoms with van der Waals surface area (Å²) in [4.78, 5) is 0. The monoisotopic (exact) mass is 346 g/mol. The van der Waals surface area contributed by atoms with E-state index < -0.39 is 0 Å². The van der Waals surface area contributed by atoms with Gasteiger partial charge in [0.1, 0.15) is 0 Å². The summed E-state index contributed by atoms with van der Waals surface area (Å²) in [7, 11) is 0. The van der Waals surface area contributed by atoms with Gasteiger partial charge in [0.25, 0.3) is 0 Å². The number of hydrogen-bond donors (Lipinski definition) is 0. The quantitative estimate of drug-likeness (QED) is 0.434. The van der Waals surface area contributed by atoms with E-state index >= 15 is 0 Å². The maximum absolute atomic E-state index is 3.34. The minimum Gasteiger partial charge on any atom is -1.00 e. The number of rotatable bonds is 0. The van der Waals surface area contributed by atoms with E-state index in [4.69, 9.17) is 0 Å². The van der Waals surface area contributed by atoms with Gasteiger partial charge in [-0.15, -0.1) is 19.8 Å². The topological polar surface area (TPSA) is 0 Å². The van der Waals surface area contributed by atoms with Crippen LogP contribution in [-0.2, 0) is 24.2 Å². The summed E-state index contributed by atoms with van der Waals surface area (Å²) in [6.07, 6.45) is 14.6. The molecule has 0 heterocycles. The van der Waals surface area contributed by atoms with E-state index in [1.54, 1.807) is 0 Å². The summed E-state index contributed by atoms with van der Waals surface area (Å²) in [5.74, 6) is 0. The standard InChI is InChI=1S/C7H9.C6H7.CH2.2ClH.Zr/c1-6-4-3-5-7(6)2;1-6-4-2-3-5-6;;;;/h4H,5H2,1-2H3;2,4H,3H2,1H3;1H2;2*1H;/q2*-1;;;;+2/p-2. The van der Waals surface area contributed by atoms with Crippen LogP contribution >= 0.6 is 0 Å². The van der Waals surface area contributed by atoms with Gasteiger partial charge in [-0.25, -0.2) is 23.3 Å². The van der Waals surface area contributed by atoms with Crippen LogP contribution in [0.15, 0.2) is 34.9 Å². The van der Waals surface area contributed by atoms with Crippen molar-refractivity contribution in [3.63, 3.8) is 0 Å². The Morgan fingerprint density at radius 2 is 1.76 bits per heavy atom. The number of halogens is 2. The van der Waals surface area contributed by atoms with Crippen LogP contribution in [0.2, 0.25) is 0 Å². The molecule has 0 aromatic carbocycles. The van der Waals surface area contributed by atoms with E-state index in [0.717, 1.165) is 12.8 Å². The van der Waals surface area contributed by atoms with Gasteiger partial charge >= 0.3 is 28.4 Å². The van der Waals surface area contributed by atoms with Crippen molar-refractivity contribution in [2.45, 2.75) is 33.6 Å². The molecule has 3 heteroatoms. The van der Waals surface area contributed by atoms with Crippen molar-refractivity contribution in [3.8, 4) is 0 Å². The molecule has 0 saturated carbocycles. The van der Waals surface area contributed by atoms with Crippen LogP contribution in [0.4, 0.5) is 0 Å². The molecule has 0 aromatic heterocycles. The second-order valence-electron chi connectivity index (χ2n) is 3.45. The van der Waals surface area contributed by atoms with E-state index in [0.29, 0.717) is 0 Å². The maximum atomic E-state index is 3.34. The molecule has 0 amide bonds. The molecule has 0 bridgehead atoms. The molecule has 0 saturated heterocycles. The zero-order valence-electron chi connectivity index (χ0n) is 10.6. The minimum absolute atomic E-state index is 0. The zero-order chi connectivity index (χ0) is 11.7. The average Bonchev–Trinajstić information content (AvgIpc) is 2.84. The Bertz CT molecular complexity index is 309. The molecule has 2 rings (SSSR count). The van der Waals surface area contributed by atoms with Crippen molar-refractivity contribution in [1.29, 1.82) is 0 Å². The molecule has 0 aliphatic heterocycles. The summed E-state index contributed by atoms with van der Waals surface area (Å²) in [5.41, 5.74) is 4.12. The minimum atomic E-state index is 0. The largest absolute Gasteiger partial charge is 1.00 e. The molecule has 0 atom stereocenters. The van der Waals surface area contributed by atoms with Crippen LogP contribution in [0.5, 0.6) is 0 Å². The second kappa shape index (κ2) is 14.4. The Hall–Kier alpha value is 0.293. The SMILES string of the molecule is CC1=C(C)C[C-]=C1.CC1=[C-]CC=C1.[CH2]=[Zr+2].[Cl-].[Cl-]. The van der Waals surface area contributed by atoms with E-state index in [1.807, 2.05) is 0 Å². The molecule has 17 heavy (non-hydrogen) atoms. The third kappa shape index (κ3) is 11.1. The Morgan fingerprint density at radius 1 is 1.18 bits per heavy atom. The molecule has 0 N–H and O–H groups in total. The normalized spacial score (nSPS) is 14.8. The molecule has 2 aliphatic carbocycles. The van der Waals surface area contributed by atoms with Crippen molar-refractivity contribution >= 4 is 4.21 Å². The van der Waals surface area contributed by atoms with E-state index in [1.165, 1.54) is 41.0 Å². The van der Waals surface area contributed by atoms with E-state index in [-0.39, 0.29) is 24.8 Å². The van der Waals surface area contributed by atoms with Crippen LogP contribution in [0, 0.1) is 12.2 Å². The molecule has 0 spiro atoms. The summed E-state index contributed by atoms with van der Waals surface area (Å²) < 4.78 is 3.34. The molecule has 0 radical (unpaired) electrons. The van der Waals surface area contributed by atoms with E-state index in [9.17, 15) is 0 Å². The Kier molecular flexibility index (Phi) is 19.0. The number of hydrogen-bond acceptors (Lipinski definition) is 0. The second-order valence-corrected chi connectivity index (χ2v) is 3.45. The fraction of sp³-hybridized carbons (Fsp3) is 0.357. The molecule has 0 fully saturated rings. The van der Waals surface area contributed by atoms with Crippen molar-refractivity contribution in [3.05, 3.63) is 47.1 Å². The van der Waals surface area contributed by atoms with Gasteiger partial charge in [-0.1, -0.05) is 13.8 Å². The summed E-state index contributed by atoms with van der Waals surface area (Å²) in [5, 5.41) is 0. The fourth-order valence-electron chi connectivity index (χ4n) is 1.13. The van der Waals surface area contributed by atoms with Gasteiger partial charge < -0.3 is 24.8 Å². The van der Waals surface area contributed by atoms with Crippen molar-refractivity contribution in [1.82, 2.24) is 0 Å². The first-order valence-electron chi connectivity index (χ1n) is 5.02. The molecule has 0 nitrogen and oxygen atoms in total. The van der Waals surface area contributed by atoms with Gasteiger partial charge in [-0.3, -0.25) is 12.2 Å². The fourth-order valence-corrected chi connectivity index (χ4v) is 1.13. The molecule has 0 unspecified atom stereocenters. The predicted molar refractivity (Wildman–Crippen MR) is 64.1 cm³/mol. The number of allylic oxidation sites excluding steroid dienone is 8. The molecule has 94 valence electrons. The summed E-state index contributed by atoms with van der Waals surface area (Å²) in [6.45, 7) is 6.32. The smallest absolute Gasteiger partial charge is 1.00 e. The van der Waals surface area contributed by atoms with Crippen molar-refractivity contribution in [2.24, 2.45) is 0 Å². The molecule has 2 aliphatic rings. The van der Waals surface area contributed by atoms with Crippen LogP contribution in [0.1, 0.15) is 33.6 Å². The first kappa shape index (κ1) is 22.5. The molecular formula is C14H18Cl2Zr-2. The Labute approximate surface area is 133 Å². The van der Waals surface area contributed by atoms with Gasteiger partial charge in [0, 0.05) is 0 Å². The Morgan fingerprint density at radius 3 is 1.88 bits per heavy atom. The molecular weight excluding hydrogens is 330 g/mol.